The predicted octanol–water partition coefficient (Wildman–Crippen LogP) is 2.01. The molecule has 17 heavy (non-hydrogen) atoms. The number of hydrogen-bond acceptors (Lipinski definition) is 2. The van der Waals surface area contributed by atoms with Gasteiger partial charge >= 0.3 is 5.69 Å². The van der Waals surface area contributed by atoms with Crippen molar-refractivity contribution in [3.8, 4) is 5.75 Å². The molecule has 0 aliphatic carbocycles. The minimum atomic E-state index is -0.0280. The molecule has 0 atom stereocenters. The maximum absolute atomic E-state index is 11.7. The van der Waals surface area contributed by atoms with Crippen molar-refractivity contribution in [1.29, 1.82) is 0 Å². The SMILES string of the molecule is COc1ccc(Br)c(Cn2ccn(C)c2=O)c1. The van der Waals surface area contributed by atoms with Crippen molar-refractivity contribution in [3.63, 3.8) is 0 Å². The summed E-state index contributed by atoms with van der Waals surface area (Å²) in [5.74, 6) is 0.784. The molecule has 0 bridgehead atoms. The standard InChI is InChI=1S/C12H13BrN2O2/c1-14-5-6-15(12(14)16)8-9-7-10(17-2)3-4-11(9)13/h3-7H,8H2,1-2H3. The summed E-state index contributed by atoms with van der Waals surface area (Å²) in [5, 5.41) is 0. The van der Waals surface area contributed by atoms with Gasteiger partial charge in [-0.15, -0.1) is 0 Å². The predicted molar refractivity (Wildman–Crippen MR) is 69.5 cm³/mol. The Labute approximate surface area is 108 Å². The molecule has 1 aromatic heterocycles. The first-order chi connectivity index (χ1) is 8.11. The number of nitrogens with zero attached hydrogens (tertiary/aromatic N) is 2. The number of rotatable bonds is 3. The minimum Gasteiger partial charge on any atom is -0.497 e. The van der Waals surface area contributed by atoms with Crippen LogP contribution in [-0.4, -0.2) is 16.2 Å². The first-order valence-electron chi connectivity index (χ1n) is 5.16. The smallest absolute Gasteiger partial charge is 0.328 e. The van der Waals surface area contributed by atoms with Gasteiger partial charge in [0.25, 0.3) is 0 Å². The van der Waals surface area contributed by atoms with Gasteiger partial charge in [0.15, 0.2) is 0 Å². The molecule has 90 valence electrons. The Kier molecular flexibility index (Phi) is 3.38. The quantitative estimate of drug-likeness (QED) is 0.869. The zero-order chi connectivity index (χ0) is 12.4. The molecule has 0 radical (unpaired) electrons. The van der Waals surface area contributed by atoms with E-state index in [0.717, 1.165) is 15.8 Å². The van der Waals surface area contributed by atoms with Crippen molar-refractivity contribution in [2.24, 2.45) is 7.05 Å². The fourth-order valence-corrected chi connectivity index (χ4v) is 1.99. The van der Waals surface area contributed by atoms with Crippen LogP contribution in [0.5, 0.6) is 5.75 Å². The Morgan fingerprint density at radius 3 is 2.71 bits per heavy atom. The van der Waals surface area contributed by atoms with Crippen LogP contribution in [0.3, 0.4) is 0 Å². The van der Waals surface area contributed by atoms with Gasteiger partial charge in [0.05, 0.1) is 13.7 Å². The van der Waals surface area contributed by atoms with Gasteiger partial charge in [-0.1, -0.05) is 15.9 Å². The number of methoxy groups -OCH3 is 1. The van der Waals surface area contributed by atoms with Crippen LogP contribution in [0.15, 0.2) is 39.9 Å². The number of aromatic nitrogens is 2. The van der Waals surface area contributed by atoms with Crippen LogP contribution < -0.4 is 10.4 Å². The summed E-state index contributed by atoms with van der Waals surface area (Å²) in [5.41, 5.74) is 0.984. The van der Waals surface area contributed by atoms with Gasteiger partial charge in [0.1, 0.15) is 5.75 Å². The average molecular weight is 297 g/mol. The molecule has 0 spiro atoms. The summed E-state index contributed by atoms with van der Waals surface area (Å²) in [6.45, 7) is 0.525. The van der Waals surface area contributed by atoms with Crippen LogP contribution in [0.1, 0.15) is 5.56 Å². The molecule has 0 aliphatic rings. The van der Waals surface area contributed by atoms with E-state index in [1.165, 1.54) is 0 Å². The van der Waals surface area contributed by atoms with Gasteiger partial charge in [0.2, 0.25) is 0 Å². The van der Waals surface area contributed by atoms with Gasteiger partial charge in [-0.05, 0) is 23.8 Å². The second-order valence-electron chi connectivity index (χ2n) is 3.78. The number of benzene rings is 1. The maximum atomic E-state index is 11.7. The van der Waals surface area contributed by atoms with Gasteiger partial charge in [0, 0.05) is 23.9 Å². The van der Waals surface area contributed by atoms with E-state index in [9.17, 15) is 4.79 Å². The third-order valence-electron chi connectivity index (χ3n) is 2.61. The average Bonchev–Trinajstić information content (AvgIpc) is 2.64. The van der Waals surface area contributed by atoms with E-state index in [0.29, 0.717) is 6.54 Å². The van der Waals surface area contributed by atoms with E-state index in [1.807, 2.05) is 18.2 Å². The molecular formula is C12H13BrN2O2. The van der Waals surface area contributed by atoms with Crippen LogP contribution in [0.25, 0.3) is 0 Å². The fourth-order valence-electron chi connectivity index (χ4n) is 1.61. The Morgan fingerprint density at radius 1 is 1.35 bits per heavy atom. The lowest BCUT2D eigenvalue weighted by molar-refractivity contribution is 0.414. The first kappa shape index (κ1) is 12.0. The second-order valence-corrected chi connectivity index (χ2v) is 4.63. The number of halogens is 1. The molecule has 1 aromatic carbocycles. The highest BCUT2D eigenvalue weighted by atomic mass is 79.9. The molecular weight excluding hydrogens is 284 g/mol. The third-order valence-corrected chi connectivity index (χ3v) is 3.38. The largest absolute Gasteiger partial charge is 0.497 e. The number of ether oxygens (including phenoxy) is 1. The maximum Gasteiger partial charge on any atom is 0.328 e. The lowest BCUT2D eigenvalue weighted by Crippen LogP contribution is -2.22. The monoisotopic (exact) mass is 296 g/mol. The first-order valence-corrected chi connectivity index (χ1v) is 5.95. The molecule has 1 heterocycles. The second kappa shape index (κ2) is 4.79. The van der Waals surface area contributed by atoms with Gasteiger partial charge < -0.3 is 9.30 Å². The van der Waals surface area contributed by atoms with E-state index in [2.05, 4.69) is 15.9 Å². The normalized spacial score (nSPS) is 10.5. The van der Waals surface area contributed by atoms with Crippen molar-refractivity contribution in [3.05, 3.63) is 51.1 Å². The van der Waals surface area contributed by atoms with Gasteiger partial charge in [-0.3, -0.25) is 4.57 Å². The summed E-state index contributed by atoms with van der Waals surface area (Å²) >= 11 is 3.47. The molecule has 5 heteroatoms. The highest BCUT2D eigenvalue weighted by Crippen LogP contribution is 2.22. The molecule has 0 amide bonds. The molecule has 0 unspecified atom stereocenters. The highest BCUT2D eigenvalue weighted by Gasteiger charge is 2.05. The molecule has 0 N–H and O–H groups in total. The van der Waals surface area contributed by atoms with Crippen molar-refractivity contribution < 1.29 is 4.74 Å². The van der Waals surface area contributed by atoms with Crippen molar-refractivity contribution in [2.45, 2.75) is 6.54 Å². The summed E-state index contributed by atoms with van der Waals surface area (Å²) in [6.07, 6.45) is 3.52. The fraction of sp³-hybridized carbons (Fsp3) is 0.250. The van der Waals surface area contributed by atoms with Crippen molar-refractivity contribution in [1.82, 2.24) is 9.13 Å². The summed E-state index contributed by atoms with van der Waals surface area (Å²) in [6, 6.07) is 5.72. The molecule has 0 fully saturated rings. The van der Waals surface area contributed by atoms with Crippen LogP contribution in [0.4, 0.5) is 0 Å². The van der Waals surface area contributed by atoms with Crippen LogP contribution in [0.2, 0.25) is 0 Å². The van der Waals surface area contributed by atoms with E-state index in [-0.39, 0.29) is 5.69 Å². The molecule has 4 nitrogen and oxygen atoms in total. The molecule has 2 aromatic rings. The van der Waals surface area contributed by atoms with Crippen molar-refractivity contribution in [2.75, 3.05) is 7.11 Å². The van der Waals surface area contributed by atoms with Crippen LogP contribution in [0, 0.1) is 0 Å². The van der Waals surface area contributed by atoms with Crippen molar-refractivity contribution >= 4 is 15.9 Å². The zero-order valence-electron chi connectivity index (χ0n) is 9.68. The summed E-state index contributed by atoms with van der Waals surface area (Å²) in [4.78, 5) is 11.7. The van der Waals surface area contributed by atoms with Gasteiger partial charge in [-0.2, -0.15) is 0 Å². The third kappa shape index (κ3) is 2.44. The zero-order valence-corrected chi connectivity index (χ0v) is 11.3. The number of aryl methyl sites for hydroxylation is 1. The number of hydrogen-bond donors (Lipinski definition) is 0. The molecule has 0 saturated carbocycles. The van der Waals surface area contributed by atoms with E-state index in [1.54, 1.807) is 35.7 Å². The minimum absolute atomic E-state index is 0.0280. The molecule has 2 rings (SSSR count). The summed E-state index contributed by atoms with van der Waals surface area (Å²) < 4.78 is 9.34. The lowest BCUT2D eigenvalue weighted by Gasteiger charge is -2.07. The Hall–Kier alpha value is -1.49. The van der Waals surface area contributed by atoms with Gasteiger partial charge in [-0.25, -0.2) is 4.79 Å². The topological polar surface area (TPSA) is 36.2 Å². The number of imidazole rings is 1. The Balaban J connectivity index is 2.35. The molecule has 0 aliphatic heterocycles. The Morgan fingerprint density at radius 2 is 2.12 bits per heavy atom. The van der Waals surface area contributed by atoms with Crippen LogP contribution in [-0.2, 0) is 13.6 Å². The van der Waals surface area contributed by atoms with Crippen LogP contribution >= 0.6 is 15.9 Å². The van der Waals surface area contributed by atoms with E-state index in [4.69, 9.17) is 4.74 Å². The Bertz CT molecular complexity index is 586. The highest BCUT2D eigenvalue weighted by molar-refractivity contribution is 9.10. The lowest BCUT2D eigenvalue weighted by atomic mass is 10.2. The summed E-state index contributed by atoms with van der Waals surface area (Å²) in [7, 11) is 3.36. The van der Waals surface area contributed by atoms with E-state index < -0.39 is 0 Å². The van der Waals surface area contributed by atoms with E-state index >= 15 is 0 Å². The molecule has 0 saturated heterocycles.